The molecule has 1 heterocycles. The first kappa shape index (κ1) is 19.7. The summed E-state index contributed by atoms with van der Waals surface area (Å²) < 4.78 is 19.4. The molecule has 1 atom stereocenters. The van der Waals surface area contributed by atoms with Crippen molar-refractivity contribution in [2.24, 2.45) is 0 Å². The van der Waals surface area contributed by atoms with Crippen LogP contribution in [0.15, 0.2) is 24.3 Å². The maximum absolute atomic E-state index is 14.0. The summed E-state index contributed by atoms with van der Waals surface area (Å²) >= 11 is 0. The standard InChI is InChI=1S/C18H23FN2O5/c1-2-26-14-7-4-3-6-13(14)16(23)20-10-5-8-15(22)21-11-9-18(19,12-21)17(24)25/h3-4,6-7H,2,5,8-12H2,1H3,(H,20,23)(H,24,25). The van der Waals surface area contributed by atoms with Crippen LogP contribution in [0.3, 0.4) is 0 Å². The number of carbonyl (C=O) groups is 3. The molecule has 1 aromatic rings. The van der Waals surface area contributed by atoms with E-state index in [0.29, 0.717) is 24.3 Å². The third-order valence-corrected chi connectivity index (χ3v) is 4.24. The molecule has 0 saturated carbocycles. The van der Waals surface area contributed by atoms with Crippen LogP contribution >= 0.6 is 0 Å². The molecule has 0 aromatic heterocycles. The van der Waals surface area contributed by atoms with Gasteiger partial charge in [0.15, 0.2) is 0 Å². The highest BCUT2D eigenvalue weighted by Gasteiger charge is 2.46. The lowest BCUT2D eigenvalue weighted by Gasteiger charge is -2.17. The molecule has 0 radical (unpaired) electrons. The molecular weight excluding hydrogens is 343 g/mol. The molecule has 142 valence electrons. The molecule has 1 aromatic carbocycles. The van der Waals surface area contributed by atoms with Gasteiger partial charge in [0.2, 0.25) is 11.6 Å². The number of hydrogen-bond donors (Lipinski definition) is 2. The second-order valence-corrected chi connectivity index (χ2v) is 6.12. The maximum atomic E-state index is 14.0. The number of carbonyl (C=O) groups excluding carboxylic acids is 2. The van der Waals surface area contributed by atoms with E-state index in [0.717, 1.165) is 0 Å². The van der Waals surface area contributed by atoms with Gasteiger partial charge in [0.05, 0.1) is 18.7 Å². The number of nitrogens with one attached hydrogen (secondary N) is 1. The van der Waals surface area contributed by atoms with Crippen LogP contribution in [0.4, 0.5) is 4.39 Å². The highest BCUT2D eigenvalue weighted by Crippen LogP contribution is 2.26. The van der Waals surface area contributed by atoms with Crippen LogP contribution in [-0.4, -0.2) is 59.7 Å². The van der Waals surface area contributed by atoms with E-state index in [-0.39, 0.29) is 37.7 Å². The summed E-state index contributed by atoms with van der Waals surface area (Å²) in [5.74, 6) is -1.65. The molecule has 2 N–H and O–H groups in total. The number of para-hydroxylation sites is 1. The Labute approximate surface area is 151 Å². The zero-order valence-electron chi connectivity index (χ0n) is 14.7. The van der Waals surface area contributed by atoms with E-state index in [1.165, 1.54) is 4.90 Å². The molecular formula is C18H23FN2O5. The number of ether oxygens (including phenoxy) is 1. The molecule has 1 aliphatic rings. The summed E-state index contributed by atoms with van der Waals surface area (Å²) in [5, 5.41) is 11.6. The van der Waals surface area contributed by atoms with Crippen molar-refractivity contribution in [2.45, 2.75) is 31.9 Å². The first-order chi connectivity index (χ1) is 12.4. The van der Waals surface area contributed by atoms with Crippen LogP contribution in [-0.2, 0) is 9.59 Å². The van der Waals surface area contributed by atoms with Gasteiger partial charge >= 0.3 is 5.97 Å². The van der Waals surface area contributed by atoms with Gasteiger partial charge in [-0.1, -0.05) is 12.1 Å². The van der Waals surface area contributed by atoms with Crippen LogP contribution in [0.2, 0.25) is 0 Å². The van der Waals surface area contributed by atoms with Crippen molar-refractivity contribution >= 4 is 17.8 Å². The SMILES string of the molecule is CCOc1ccccc1C(=O)NCCCC(=O)N1CCC(F)(C(=O)O)C1. The normalized spacial score (nSPS) is 19.2. The largest absolute Gasteiger partial charge is 0.493 e. The van der Waals surface area contributed by atoms with E-state index in [1.54, 1.807) is 24.3 Å². The predicted octanol–water partition coefficient (Wildman–Crippen LogP) is 1.62. The molecule has 0 aliphatic carbocycles. The van der Waals surface area contributed by atoms with E-state index < -0.39 is 18.2 Å². The number of nitrogens with zero attached hydrogens (tertiary/aromatic N) is 1. The van der Waals surface area contributed by atoms with Crippen LogP contribution in [0.1, 0.15) is 36.5 Å². The Hall–Kier alpha value is -2.64. The number of rotatable bonds is 8. The van der Waals surface area contributed by atoms with E-state index in [9.17, 15) is 18.8 Å². The number of alkyl halides is 1. The molecule has 8 heteroatoms. The average Bonchev–Trinajstić information content (AvgIpc) is 3.03. The van der Waals surface area contributed by atoms with Gasteiger partial charge in [-0.15, -0.1) is 0 Å². The summed E-state index contributed by atoms with van der Waals surface area (Å²) in [5.41, 5.74) is -1.93. The summed E-state index contributed by atoms with van der Waals surface area (Å²) in [6, 6.07) is 6.88. The fourth-order valence-electron chi connectivity index (χ4n) is 2.79. The van der Waals surface area contributed by atoms with Crippen molar-refractivity contribution in [3.8, 4) is 5.75 Å². The minimum Gasteiger partial charge on any atom is -0.493 e. The molecule has 0 spiro atoms. The van der Waals surface area contributed by atoms with Crippen molar-refractivity contribution in [3.05, 3.63) is 29.8 Å². The van der Waals surface area contributed by atoms with E-state index in [1.807, 2.05) is 6.92 Å². The minimum atomic E-state index is -2.35. The number of aliphatic carboxylic acids is 1. The first-order valence-electron chi connectivity index (χ1n) is 8.57. The fourth-order valence-corrected chi connectivity index (χ4v) is 2.79. The quantitative estimate of drug-likeness (QED) is 0.682. The van der Waals surface area contributed by atoms with Crippen LogP contribution in [0.5, 0.6) is 5.75 Å². The molecule has 0 bridgehead atoms. The van der Waals surface area contributed by atoms with Crippen molar-refractivity contribution in [1.82, 2.24) is 10.2 Å². The summed E-state index contributed by atoms with van der Waals surface area (Å²) in [6.45, 7) is 2.22. The average molecular weight is 366 g/mol. The van der Waals surface area contributed by atoms with Gasteiger partial charge in [0, 0.05) is 25.9 Å². The molecule has 2 rings (SSSR count). The van der Waals surface area contributed by atoms with Gasteiger partial charge in [-0.05, 0) is 25.5 Å². The number of likely N-dealkylation sites (tertiary alicyclic amines) is 1. The van der Waals surface area contributed by atoms with Crippen molar-refractivity contribution in [1.29, 1.82) is 0 Å². The lowest BCUT2D eigenvalue weighted by Crippen LogP contribution is -2.39. The monoisotopic (exact) mass is 366 g/mol. The summed E-state index contributed by atoms with van der Waals surface area (Å²) in [7, 11) is 0. The number of carboxylic acids is 1. The van der Waals surface area contributed by atoms with Crippen molar-refractivity contribution < 1.29 is 28.6 Å². The zero-order chi connectivity index (χ0) is 19.2. The zero-order valence-corrected chi connectivity index (χ0v) is 14.7. The second-order valence-electron chi connectivity index (χ2n) is 6.12. The van der Waals surface area contributed by atoms with Crippen LogP contribution < -0.4 is 10.1 Å². The summed E-state index contributed by atoms with van der Waals surface area (Å²) in [6.07, 6.45) is 0.298. The third kappa shape index (κ3) is 4.71. The molecule has 7 nitrogen and oxygen atoms in total. The highest BCUT2D eigenvalue weighted by molar-refractivity contribution is 5.96. The molecule has 1 saturated heterocycles. The third-order valence-electron chi connectivity index (χ3n) is 4.24. The Balaban J connectivity index is 1.76. The Kier molecular flexibility index (Phi) is 6.54. The maximum Gasteiger partial charge on any atom is 0.343 e. The Morgan fingerprint density at radius 3 is 2.73 bits per heavy atom. The van der Waals surface area contributed by atoms with Gasteiger partial charge < -0.3 is 20.1 Å². The fraction of sp³-hybridized carbons (Fsp3) is 0.500. The Bertz CT molecular complexity index is 681. The van der Waals surface area contributed by atoms with Gasteiger partial charge in [0.1, 0.15) is 5.75 Å². The lowest BCUT2D eigenvalue weighted by atomic mass is 10.1. The minimum absolute atomic E-state index is 0.0930. The second kappa shape index (κ2) is 8.64. The summed E-state index contributed by atoms with van der Waals surface area (Å²) in [4.78, 5) is 36.3. The van der Waals surface area contributed by atoms with Gasteiger partial charge in [0.25, 0.3) is 5.91 Å². The molecule has 1 fully saturated rings. The van der Waals surface area contributed by atoms with E-state index >= 15 is 0 Å². The predicted molar refractivity (Wildman–Crippen MR) is 91.9 cm³/mol. The van der Waals surface area contributed by atoms with Crippen molar-refractivity contribution in [3.63, 3.8) is 0 Å². The van der Waals surface area contributed by atoms with E-state index in [4.69, 9.17) is 9.84 Å². The number of hydrogen-bond acceptors (Lipinski definition) is 4. The van der Waals surface area contributed by atoms with Gasteiger partial charge in [-0.25, -0.2) is 9.18 Å². The van der Waals surface area contributed by atoms with Crippen LogP contribution in [0.25, 0.3) is 0 Å². The topological polar surface area (TPSA) is 95.9 Å². The first-order valence-corrected chi connectivity index (χ1v) is 8.57. The Morgan fingerprint density at radius 1 is 1.35 bits per heavy atom. The number of halogens is 1. The highest BCUT2D eigenvalue weighted by atomic mass is 19.1. The smallest absolute Gasteiger partial charge is 0.343 e. The van der Waals surface area contributed by atoms with Gasteiger partial charge in [-0.3, -0.25) is 9.59 Å². The molecule has 1 aliphatic heterocycles. The van der Waals surface area contributed by atoms with Crippen LogP contribution in [0, 0.1) is 0 Å². The number of amides is 2. The van der Waals surface area contributed by atoms with Gasteiger partial charge in [-0.2, -0.15) is 0 Å². The number of carboxylic acid groups (broad SMARTS) is 1. The van der Waals surface area contributed by atoms with Crippen molar-refractivity contribution in [2.75, 3.05) is 26.2 Å². The molecule has 1 unspecified atom stereocenters. The Morgan fingerprint density at radius 2 is 2.08 bits per heavy atom. The number of benzene rings is 1. The molecule has 2 amide bonds. The molecule has 26 heavy (non-hydrogen) atoms. The lowest BCUT2D eigenvalue weighted by molar-refractivity contribution is -0.150. The van der Waals surface area contributed by atoms with E-state index in [2.05, 4.69) is 5.32 Å².